The van der Waals surface area contributed by atoms with Crippen molar-refractivity contribution in [2.45, 2.75) is 12.3 Å². The quantitative estimate of drug-likeness (QED) is 0.652. The maximum atomic E-state index is 12.5. The van der Waals surface area contributed by atoms with Crippen molar-refractivity contribution in [1.82, 2.24) is 4.98 Å². The summed E-state index contributed by atoms with van der Waals surface area (Å²) in [5.74, 6) is 0. The lowest BCUT2D eigenvalue weighted by Gasteiger charge is -2.10. The Morgan fingerprint density at radius 3 is 2.31 bits per heavy atom. The van der Waals surface area contributed by atoms with Crippen LogP contribution in [0.1, 0.15) is 11.9 Å². The summed E-state index contributed by atoms with van der Waals surface area (Å²) in [4.78, 5) is 3.22. The fourth-order valence-corrected chi connectivity index (χ4v) is 0.817. The van der Waals surface area contributed by atoms with Crippen molar-refractivity contribution in [3.05, 3.63) is 29.0 Å². The maximum absolute atomic E-state index is 12.5. The lowest BCUT2D eigenvalue weighted by atomic mass is 10.2. The Balaban J connectivity index is 2.90. The van der Waals surface area contributed by atoms with Crippen LogP contribution < -0.4 is 0 Å². The molecule has 6 heteroatoms. The molecule has 0 saturated heterocycles. The van der Waals surface area contributed by atoms with Gasteiger partial charge in [0.05, 0.1) is 10.7 Å². The van der Waals surface area contributed by atoms with Crippen molar-refractivity contribution < 1.29 is 17.6 Å². The molecule has 1 atom stereocenters. The van der Waals surface area contributed by atoms with E-state index in [9.17, 15) is 17.6 Å². The Morgan fingerprint density at radius 2 is 1.92 bits per heavy atom. The Morgan fingerprint density at radius 1 is 1.31 bits per heavy atom. The first-order chi connectivity index (χ1) is 5.91. The number of nitrogens with zero attached hydrogens (tertiary/aromatic N) is 1. The molecule has 1 aromatic heterocycles. The molecular weight excluding hydrogens is 210 g/mol. The van der Waals surface area contributed by atoms with Gasteiger partial charge in [-0.15, -0.1) is 0 Å². The van der Waals surface area contributed by atoms with Gasteiger partial charge >= 0.3 is 6.18 Å². The number of aromatic nitrogens is 1. The minimum Gasteiger partial charge on any atom is -0.256 e. The zero-order chi connectivity index (χ0) is 10.1. The highest BCUT2D eigenvalue weighted by Crippen LogP contribution is 2.34. The zero-order valence-corrected chi connectivity index (χ0v) is 6.90. The normalized spacial score (nSPS) is 14.2. The van der Waals surface area contributed by atoms with Gasteiger partial charge in [0, 0.05) is 6.20 Å². The summed E-state index contributed by atoms with van der Waals surface area (Å²) in [6.45, 7) is 0. The summed E-state index contributed by atoms with van der Waals surface area (Å²) in [5, 5.41) is 0.165. The van der Waals surface area contributed by atoms with Crippen molar-refractivity contribution >= 4 is 11.6 Å². The van der Waals surface area contributed by atoms with Crippen molar-refractivity contribution in [2.75, 3.05) is 0 Å². The predicted octanol–water partition coefficient (Wildman–Crippen LogP) is 3.31. The standard InChI is InChI=1S/C7H4ClF4N/c8-4-1-2-5(13-3-4)6(9)7(10,11)12/h1-3,6H. The van der Waals surface area contributed by atoms with Crippen molar-refractivity contribution in [2.24, 2.45) is 0 Å². The first kappa shape index (κ1) is 10.2. The molecule has 0 aliphatic carbocycles. The third kappa shape index (κ3) is 2.55. The molecule has 0 saturated carbocycles. The van der Waals surface area contributed by atoms with Gasteiger partial charge in [0.25, 0.3) is 0 Å². The molecule has 1 rings (SSSR count). The van der Waals surface area contributed by atoms with Crippen LogP contribution in [0.25, 0.3) is 0 Å². The van der Waals surface area contributed by atoms with Crippen LogP contribution >= 0.6 is 11.6 Å². The van der Waals surface area contributed by atoms with E-state index in [1.807, 2.05) is 0 Å². The van der Waals surface area contributed by atoms with Crippen LogP contribution in [-0.4, -0.2) is 11.2 Å². The molecule has 0 aromatic carbocycles. The Labute approximate surface area is 76.3 Å². The predicted molar refractivity (Wildman–Crippen MR) is 39.2 cm³/mol. The monoisotopic (exact) mass is 213 g/mol. The molecular formula is C7H4ClF4N. The van der Waals surface area contributed by atoms with E-state index in [0.717, 1.165) is 18.3 Å². The number of hydrogen-bond acceptors (Lipinski definition) is 1. The number of pyridine rings is 1. The number of halogens is 5. The van der Waals surface area contributed by atoms with Gasteiger partial charge in [-0.2, -0.15) is 13.2 Å². The number of alkyl halides is 4. The maximum Gasteiger partial charge on any atom is 0.425 e. The van der Waals surface area contributed by atoms with E-state index >= 15 is 0 Å². The average Bonchev–Trinajstić information content (AvgIpc) is 2.03. The fourth-order valence-electron chi connectivity index (χ4n) is 0.705. The van der Waals surface area contributed by atoms with Crippen LogP contribution in [0.4, 0.5) is 17.6 Å². The second-order valence-electron chi connectivity index (χ2n) is 2.31. The Bertz CT molecular complexity index is 282. The SMILES string of the molecule is FC(c1ccc(Cl)cn1)C(F)(F)F. The van der Waals surface area contributed by atoms with Gasteiger partial charge < -0.3 is 0 Å². The van der Waals surface area contributed by atoms with Crippen LogP contribution in [0.5, 0.6) is 0 Å². The summed E-state index contributed by atoms with van der Waals surface area (Å²) in [7, 11) is 0. The molecule has 0 spiro atoms. The molecule has 1 unspecified atom stereocenters. The Hall–Kier alpha value is -0.840. The smallest absolute Gasteiger partial charge is 0.256 e. The largest absolute Gasteiger partial charge is 0.425 e. The summed E-state index contributed by atoms with van der Waals surface area (Å²) in [6, 6.07) is 2.06. The van der Waals surface area contributed by atoms with E-state index in [2.05, 4.69) is 4.98 Å². The van der Waals surface area contributed by atoms with Crippen LogP contribution in [0.3, 0.4) is 0 Å². The molecule has 0 amide bonds. The zero-order valence-electron chi connectivity index (χ0n) is 6.15. The van der Waals surface area contributed by atoms with Crippen LogP contribution in [-0.2, 0) is 0 Å². The minimum atomic E-state index is -4.92. The highest BCUT2D eigenvalue weighted by molar-refractivity contribution is 6.30. The summed E-state index contributed by atoms with van der Waals surface area (Å²) < 4.78 is 47.9. The highest BCUT2D eigenvalue weighted by Gasteiger charge is 2.42. The van der Waals surface area contributed by atoms with Gasteiger partial charge in [-0.25, -0.2) is 4.39 Å². The third-order valence-electron chi connectivity index (χ3n) is 1.30. The van der Waals surface area contributed by atoms with E-state index < -0.39 is 18.0 Å². The topological polar surface area (TPSA) is 12.9 Å². The minimum absolute atomic E-state index is 0.165. The molecule has 1 heterocycles. The van der Waals surface area contributed by atoms with Crippen LogP contribution in [0, 0.1) is 0 Å². The fraction of sp³-hybridized carbons (Fsp3) is 0.286. The lowest BCUT2D eigenvalue weighted by molar-refractivity contribution is -0.183. The lowest BCUT2D eigenvalue weighted by Crippen LogP contribution is -2.17. The molecule has 1 aromatic rings. The second kappa shape index (κ2) is 3.49. The van der Waals surface area contributed by atoms with E-state index in [1.54, 1.807) is 0 Å². The number of hydrogen-bond donors (Lipinski definition) is 0. The van der Waals surface area contributed by atoms with Gasteiger partial charge in [-0.1, -0.05) is 11.6 Å². The molecule has 1 nitrogen and oxygen atoms in total. The number of rotatable bonds is 1. The van der Waals surface area contributed by atoms with E-state index in [0.29, 0.717) is 0 Å². The average molecular weight is 214 g/mol. The van der Waals surface area contributed by atoms with Gasteiger partial charge in [0.1, 0.15) is 0 Å². The van der Waals surface area contributed by atoms with Crippen LogP contribution in [0.15, 0.2) is 18.3 Å². The van der Waals surface area contributed by atoms with Gasteiger partial charge in [0.2, 0.25) is 6.17 Å². The molecule has 0 N–H and O–H groups in total. The Kier molecular flexibility index (Phi) is 2.75. The van der Waals surface area contributed by atoms with E-state index in [4.69, 9.17) is 11.6 Å². The summed E-state index contributed by atoms with van der Waals surface area (Å²) >= 11 is 5.36. The first-order valence-electron chi connectivity index (χ1n) is 3.23. The van der Waals surface area contributed by atoms with E-state index in [1.165, 1.54) is 0 Å². The van der Waals surface area contributed by atoms with Crippen molar-refractivity contribution in [1.29, 1.82) is 0 Å². The highest BCUT2D eigenvalue weighted by atomic mass is 35.5. The molecule has 0 aliphatic rings. The van der Waals surface area contributed by atoms with Crippen LogP contribution in [0.2, 0.25) is 5.02 Å². The van der Waals surface area contributed by atoms with Crippen molar-refractivity contribution in [3.63, 3.8) is 0 Å². The molecule has 72 valence electrons. The molecule has 13 heavy (non-hydrogen) atoms. The molecule has 0 aliphatic heterocycles. The molecule has 0 fully saturated rings. The van der Waals surface area contributed by atoms with E-state index in [-0.39, 0.29) is 5.02 Å². The molecule has 0 radical (unpaired) electrons. The van der Waals surface area contributed by atoms with Gasteiger partial charge in [-0.05, 0) is 12.1 Å². The second-order valence-corrected chi connectivity index (χ2v) is 2.74. The summed E-state index contributed by atoms with van der Waals surface area (Å²) in [5.41, 5.74) is -0.683. The summed E-state index contributed by atoms with van der Waals surface area (Å²) in [6.07, 6.45) is -7.00. The van der Waals surface area contributed by atoms with Gasteiger partial charge in [-0.3, -0.25) is 4.98 Å². The first-order valence-corrected chi connectivity index (χ1v) is 3.61. The van der Waals surface area contributed by atoms with Gasteiger partial charge in [0.15, 0.2) is 0 Å². The molecule has 0 bridgehead atoms. The van der Waals surface area contributed by atoms with Crippen molar-refractivity contribution in [3.8, 4) is 0 Å². The third-order valence-corrected chi connectivity index (χ3v) is 1.52.